The molecule has 0 radical (unpaired) electrons. The minimum atomic E-state index is -1.22. The van der Waals surface area contributed by atoms with Gasteiger partial charge < -0.3 is 25.3 Å². The second-order valence-electron chi connectivity index (χ2n) is 7.44. The number of nitrogens with two attached hydrogens (primary N) is 1. The number of aromatic nitrogens is 2. The van der Waals surface area contributed by atoms with Crippen molar-refractivity contribution in [2.45, 2.75) is 18.4 Å². The molecule has 4 N–H and O–H groups in total. The monoisotopic (exact) mass is 432 g/mol. The molecule has 2 heterocycles. The normalized spacial score (nSPS) is 16.3. The summed E-state index contributed by atoms with van der Waals surface area (Å²) in [6, 6.07) is 14.1. The molecule has 0 saturated carbocycles. The van der Waals surface area contributed by atoms with Crippen molar-refractivity contribution in [3.63, 3.8) is 0 Å². The Morgan fingerprint density at radius 3 is 2.62 bits per heavy atom. The van der Waals surface area contributed by atoms with Gasteiger partial charge in [0.05, 0.1) is 11.0 Å². The van der Waals surface area contributed by atoms with Crippen molar-refractivity contribution in [3.05, 3.63) is 84.7 Å². The Morgan fingerprint density at radius 1 is 1.22 bits per heavy atom. The summed E-state index contributed by atoms with van der Waals surface area (Å²) in [6.45, 7) is 4.76. The number of ether oxygens (including phenoxy) is 2. The molecule has 1 aromatic heterocycles. The van der Waals surface area contributed by atoms with Gasteiger partial charge in [0.25, 0.3) is 0 Å². The van der Waals surface area contributed by atoms with Crippen LogP contribution in [0.25, 0.3) is 11.0 Å². The Labute approximate surface area is 185 Å². The number of ketones is 1. The maximum absolute atomic E-state index is 12.8. The number of carbonyl (C=O) groups is 1. The van der Waals surface area contributed by atoms with E-state index in [4.69, 9.17) is 15.2 Å². The zero-order valence-electron chi connectivity index (χ0n) is 17.5. The summed E-state index contributed by atoms with van der Waals surface area (Å²) < 4.78 is 11.2. The summed E-state index contributed by atoms with van der Waals surface area (Å²) >= 11 is 0. The van der Waals surface area contributed by atoms with Crippen molar-refractivity contribution >= 4 is 22.5 Å². The predicted molar refractivity (Wildman–Crippen MR) is 122 cm³/mol. The van der Waals surface area contributed by atoms with E-state index < -0.39 is 5.60 Å². The molecule has 8 nitrogen and oxygen atoms in total. The molecule has 0 spiro atoms. The van der Waals surface area contributed by atoms with Gasteiger partial charge in [0.1, 0.15) is 22.8 Å². The lowest BCUT2D eigenvalue weighted by Gasteiger charge is -2.33. The highest BCUT2D eigenvalue weighted by Gasteiger charge is 2.37. The highest BCUT2D eigenvalue weighted by Crippen LogP contribution is 2.27. The molecule has 32 heavy (non-hydrogen) atoms. The standard InChI is InChI=1S/C24H24N4O4/c1-16(22(26-13-12-25)24(30)10-14-31-15-11-24)32-18-8-6-17(7-9-18)21(29)23-27-19-4-2-3-5-20(19)28-23/h2-9,12-13,30H,1,10-11,14-15,25H2,(H,27,28)/b13-12-,26-22?. The lowest BCUT2D eigenvalue weighted by molar-refractivity contribution is -0.0205. The van der Waals surface area contributed by atoms with E-state index in [-0.39, 0.29) is 17.4 Å². The van der Waals surface area contributed by atoms with Crippen LogP contribution in [0.4, 0.5) is 0 Å². The number of hydrogen-bond acceptors (Lipinski definition) is 7. The van der Waals surface area contributed by atoms with Crippen molar-refractivity contribution < 1.29 is 19.4 Å². The number of rotatable bonds is 7. The summed E-state index contributed by atoms with van der Waals surface area (Å²) in [6.07, 6.45) is 3.40. The van der Waals surface area contributed by atoms with E-state index in [0.29, 0.717) is 43.1 Å². The van der Waals surface area contributed by atoms with E-state index in [1.165, 1.54) is 12.4 Å². The summed E-state index contributed by atoms with van der Waals surface area (Å²) in [5, 5.41) is 11.0. The fraction of sp³-hybridized carbons (Fsp3) is 0.208. The molecule has 0 amide bonds. The van der Waals surface area contributed by atoms with Crippen LogP contribution in [-0.2, 0) is 4.74 Å². The summed E-state index contributed by atoms with van der Waals surface area (Å²) in [5.41, 5.74) is 6.49. The number of aliphatic hydroxyl groups is 1. The molecular formula is C24H24N4O4. The SMILES string of the molecule is C=C(Oc1ccc(C(=O)c2nc3ccccc3[nH]2)cc1)C(=N/C=C\N)C1(O)CCOCC1. The molecular weight excluding hydrogens is 408 g/mol. The number of imidazole rings is 1. The van der Waals surface area contributed by atoms with Crippen LogP contribution in [0, 0.1) is 0 Å². The zero-order chi connectivity index (χ0) is 22.6. The minimum Gasteiger partial charge on any atom is -0.456 e. The van der Waals surface area contributed by atoms with Gasteiger partial charge in [-0.15, -0.1) is 0 Å². The van der Waals surface area contributed by atoms with Crippen LogP contribution >= 0.6 is 0 Å². The molecule has 8 heteroatoms. The van der Waals surface area contributed by atoms with E-state index in [1.807, 2.05) is 24.3 Å². The number of fused-ring (bicyclic) bond motifs is 1. The average molecular weight is 432 g/mol. The quantitative estimate of drug-likeness (QED) is 0.300. The number of carbonyl (C=O) groups excluding carboxylic acids is 1. The first-order valence-electron chi connectivity index (χ1n) is 10.2. The maximum Gasteiger partial charge on any atom is 0.228 e. The Kier molecular flexibility index (Phi) is 6.16. The van der Waals surface area contributed by atoms with Crippen LogP contribution in [0.3, 0.4) is 0 Å². The molecule has 0 bridgehead atoms. The van der Waals surface area contributed by atoms with Gasteiger partial charge in [0.2, 0.25) is 5.78 Å². The molecule has 164 valence electrons. The third-order valence-corrected chi connectivity index (χ3v) is 5.28. The summed E-state index contributed by atoms with van der Waals surface area (Å²) in [7, 11) is 0. The van der Waals surface area contributed by atoms with Gasteiger partial charge in [-0.1, -0.05) is 18.7 Å². The second-order valence-corrected chi connectivity index (χ2v) is 7.44. The molecule has 0 atom stereocenters. The van der Waals surface area contributed by atoms with Gasteiger partial charge in [-0.2, -0.15) is 0 Å². The van der Waals surface area contributed by atoms with E-state index in [1.54, 1.807) is 24.3 Å². The third kappa shape index (κ3) is 4.46. The van der Waals surface area contributed by atoms with Gasteiger partial charge in [-0.3, -0.25) is 9.79 Å². The van der Waals surface area contributed by atoms with Crippen molar-refractivity contribution in [1.82, 2.24) is 9.97 Å². The van der Waals surface area contributed by atoms with Gasteiger partial charge >= 0.3 is 0 Å². The fourth-order valence-corrected chi connectivity index (χ4v) is 3.58. The number of H-pyrrole nitrogens is 1. The third-order valence-electron chi connectivity index (χ3n) is 5.28. The molecule has 0 unspecified atom stereocenters. The second kappa shape index (κ2) is 9.17. The van der Waals surface area contributed by atoms with Gasteiger partial charge in [0, 0.05) is 44.0 Å². The molecule has 1 aliphatic heterocycles. The molecule has 0 aliphatic carbocycles. The van der Waals surface area contributed by atoms with Crippen LogP contribution in [0.2, 0.25) is 0 Å². The first kappa shape index (κ1) is 21.5. The van der Waals surface area contributed by atoms with Crippen LogP contribution in [0.15, 0.2) is 78.3 Å². The van der Waals surface area contributed by atoms with Crippen LogP contribution < -0.4 is 10.5 Å². The number of aliphatic imine (C=N–C) groups is 1. The maximum atomic E-state index is 12.8. The molecule has 1 aliphatic rings. The van der Waals surface area contributed by atoms with Crippen molar-refractivity contribution in [2.75, 3.05) is 13.2 Å². The van der Waals surface area contributed by atoms with E-state index in [2.05, 4.69) is 21.5 Å². The van der Waals surface area contributed by atoms with Gasteiger partial charge in [-0.25, -0.2) is 4.98 Å². The first-order valence-corrected chi connectivity index (χ1v) is 10.2. The smallest absolute Gasteiger partial charge is 0.228 e. The van der Waals surface area contributed by atoms with Crippen LogP contribution in [0.1, 0.15) is 29.0 Å². The Morgan fingerprint density at radius 2 is 1.94 bits per heavy atom. The molecule has 4 rings (SSSR count). The minimum absolute atomic E-state index is 0.198. The van der Waals surface area contributed by atoms with E-state index in [9.17, 15) is 9.90 Å². The zero-order valence-corrected chi connectivity index (χ0v) is 17.5. The number of para-hydroxylation sites is 2. The summed E-state index contributed by atoms with van der Waals surface area (Å²) in [5.74, 6) is 0.701. The topological polar surface area (TPSA) is 123 Å². The number of hydrogen-bond donors (Lipinski definition) is 3. The van der Waals surface area contributed by atoms with E-state index >= 15 is 0 Å². The number of nitrogens with zero attached hydrogens (tertiary/aromatic N) is 2. The molecule has 3 aromatic rings. The predicted octanol–water partition coefficient (Wildman–Crippen LogP) is 3.10. The lowest BCUT2D eigenvalue weighted by atomic mass is 9.88. The Hall–Kier alpha value is -3.75. The Bertz CT molecular complexity index is 1160. The number of nitrogens with one attached hydrogen (secondary N) is 1. The highest BCUT2D eigenvalue weighted by molar-refractivity contribution is 6.08. The molecule has 2 aromatic carbocycles. The van der Waals surface area contributed by atoms with Crippen molar-refractivity contribution in [1.29, 1.82) is 0 Å². The van der Waals surface area contributed by atoms with Crippen molar-refractivity contribution in [2.24, 2.45) is 10.7 Å². The molecule has 1 saturated heterocycles. The lowest BCUT2D eigenvalue weighted by Crippen LogP contribution is -2.45. The summed E-state index contributed by atoms with van der Waals surface area (Å²) in [4.78, 5) is 24.4. The number of aromatic amines is 1. The largest absolute Gasteiger partial charge is 0.456 e. The van der Waals surface area contributed by atoms with Crippen LogP contribution in [0.5, 0.6) is 5.75 Å². The molecule has 1 fully saturated rings. The average Bonchev–Trinajstić information content (AvgIpc) is 3.24. The van der Waals surface area contributed by atoms with Crippen LogP contribution in [-0.4, -0.2) is 45.4 Å². The Balaban J connectivity index is 1.50. The van der Waals surface area contributed by atoms with Gasteiger partial charge in [0.15, 0.2) is 5.82 Å². The van der Waals surface area contributed by atoms with Gasteiger partial charge in [-0.05, 0) is 36.4 Å². The van der Waals surface area contributed by atoms with E-state index in [0.717, 1.165) is 11.0 Å². The highest BCUT2D eigenvalue weighted by atomic mass is 16.5. The van der Waals surface area contributed by atoms with Crippen molar-refractivity contribution in [3.8, 4) is 5.75 Å². The first-order chi connectivity index (χ1) is 15.5. The number of benzene rings is 2. The fourth-order valence-electron chi connectivity index (χ4n) is 3.58.